The van der Waals surface area contributed by atoms with Crippen LogP contribution < -0.4 is 19.1 Å². The highest BCUT2D eigenvalue weighted by Gasteiger charge is 2.22. The van der Waals surface area contributed by atoms with Crippen LogP contribution in [0.1, 0.15) is 11.1 Å². The number of anilines is 1. The Morgan fingerprint density at radius 3 is 2.14 bits per heavy atom. The summed E-state index contributed by atoms with van der Waals surface area (Å²) < 4.78 is 16.2. The van der Waals surface area contributed by atoms with Crippen molar-refractivity contribution in [3.63, 3.8) is 0 Å². The summed E-state index contributed by atoms with van der Waals surface area (Å²) in [5, 5.41) is 0. The second-order valence-corrected chi connectivity index (χ2v) is 6.92. The maximum Gasteiger partial charge on any atom is 0.260 e. The average molecular weight is 384 g/mol. The number of rotatable bonds is 6. The summed E-state index contributed by atoms with van der Waals surface area (Å²) in [6, 6.07) is 11.6. The first-order valence-corrected chi connectivity index (χ1v) is 9.46. The highest BCUT2D eigenvalue weighted by Crippen LogP contribution is 2.27. The van der Waals surface area contributed by atoms with Gasteiger partial charge < -0.3 is 24.0 Å². The first-order chi connectivity index (χ1) is 13.5. The van der Waals surface area contributed by atoms with E-state index in [0.717, 1.165) is 13.1 Å². The molecule has 150 valence electrons. The average Bonchev–Trinajstić information content (AvgIpc) is 2.73. The molecule has 1 fully saturated rings. The molecule has 0 atom stereocenters. The van der Waals surface area contributed by atoms with Crippen LogP contribution >= 0.6 is 0 Å². The zero-order valence-corrected chi connectivity index (χ0v) is 17.0. The van der Waals surface area contributed by atoms with Gasteiger partial charge in [-0.15, -0.1) is 0 Å². The van der Waals surface area contributed by atoms with Gasteiger partial charge in [0, 0.05) is 50.1 Å². The molecule has 6 nitrogen and oxygen atoms in total. The van der Waals surface area contributed by atoms with Gasteiger partial charge in [0.1, 0.15) is 17.2 Å². The molecule has 2 aromatic carbocycles. The fourth-order valence-corrected chi connectivity index (χ4v) is 3.38. The van der Waals surface area contributed by atoms with Crippen LogP contribution in [0.3, 0.4) is 0 Å². The summed E-state index contributed by atoms with van der Waals surface area (Å²) in [5.41, 5.74) is 3.85. The van der Waals surface area contributed by atoms with E-state index in [4.69, 9.17) is 14.2 Å². The van der Waals surface area contributed by atoms with E-state index in [1.165, 1.54) is 16.8 Å². The molecular weight excluding hydrogens is 356 g/mol. The Morgan fingerprint density at radius 1 is 0.929 bits per heavy atom. The Kier molecular flexibility index (Phi) is 6.29. The molecule has 28 heavy (non-hydrogen) atoms. The Morgan fingerprint density at radius 2 is 1.54 bits per heavy atom. The molecule has 0 N–H and O–H groups in total. The van der Waals surface area contributed by atoms with Crippen molar-refractivity contribution in [1.29, 1.82) is 0 Å². The molecule has 1 amide bonds. The molecule has 0 aliphatic carbocycles. The van der Waals surface area contributed by atoms with E-state index < -0.39 is 0 Å². The summed E-state index contributed by atoms with van der Waals surface area (Å²) in [6.07, 6.45) is 0. The third kappa shape index (κ3) is 4.50. The molecule has 0 aromatic heterocycles. The highest BCUT2D eigenvalue weighted by molar-refractivity contribution is 5.78. The van der Waals surface area contributed by atoms with Gasteiger partial charge in [-0.25, -0.2) is 0 Å². The van der Waals surface area contributed by atoms with E-state index in [1.807, 2.05) is 4.90 Å². The zero-order valence-electron chi connectivity index (χ0n) is 17.0. The van der Waals surface area contributed by atoms with Gasteiger partial charge in [-0.05, 0) is 31.0 Å². The lowest BCUT2D eigenvalue weighted by atomic mass is 10.1. The van der Waals surface area contributed by atoms with Gasteiger partial charge in [0.25, 0.3) is 5.91 Å². The molecular formula is C22H28N2O4. The lowest BCUT2D eigenvalue weighted by Crippen LogP contribution is -2.50. The van der Waals surface area contributed by atoms with Gasteiger partial charge in [-0.3, -0.25) is 4.79 Å². The van der Waals surface area contributed by atoms with E-state index in [2.05, 4.69) is 36.9 Å². The van der Waals surface area contributed by atoms with Gasteiger partial charge in [-0.1, -0.05) is 12.1 Å². The quantitative estimate of drug-likeness (QED) is 0.766. The standard InChI is InChI=1S/C22H28N2O4/c1-16-6-5-7-21(17(16)2)23-8-10-24(11-9-23)22(25)15-28-20-13-18(26-3)12-19(14-20)27-4/h5-7,12-14H,8-11,15H2,1-4H3. The van der Waals surface area contributed by atoms with Crippen molar-refractivity contribution in [3.05, 3.63) is 47.5 Å². The minimum Gasteiger partial charge on any atom is -0.496 e. The van der Waals surface area contributed by atoms with E-state index in [9.17, 15) is 4.79 Å². The summed E-state index contributed by atoms with van der Waals surface area (Å²) in [6.45, 7) is 7.31. The number of benzene rings is 2. The Bertz CT molecular complexity index is 807. The predicted molar refractivity (Wildman–Crippen MR) is 110 cm³/mol. The number of carbonyl (C=O) groups is 1. The number of ether oxygens (including phenoxy) is 3. The molecule has 1 heterocycles. The van der Waals surface area contributed by atoms with Crippen LogP contribution in [-0.2, 0) is 4.79 Å². The predicted octanol–water partition coefficient (Wildman–Crippen LogP) is 3.05. The normalized spacial score (nSPS) is 14.0. The van der Waals surface area contributed by atoms with Crippen molar-refractivity contribution in [3.8, 4) is 17.2 Å². The number of amides is 1. The van der Waals surface area contributed by atoms with E-state index in [0.29, 0.717) is 30.3 Å². The third-order valence-electron chi connectivity index (χ3n) is 5.24. The smallest absolute Gasteiger partial charge is 0.260 e. The minimum absolute atomic E-state index is 0.000204. The molecule has 1 aliphatic heterocycles. The van der Waals surface area contributed by atoms with Crippen LogP contribution in [0.2, 0.25) is 0 Å². The van der Waals surface area contributed by atoms with Crippen LogP contribution in [0.25, 0.3) is 0 Å². The number of hydrogen-bond donors (Lipinski definition) is 0. The Hall–Kier alpha value is -2.89. The molecule has 0 radical (unpaired) electrons. The molecule has 0 unspecified atom stereocenters. The van der Waals surface area contributed by atoms with Crippen LogP contribution in [0, 0.1) is 13.8 Å². The second kappa shape index (κ2) is 8.87. The molecule has 1 saturated heterocycles. The van der Waals surface area contributed by atoms with Crippen molar-refractivity contribution < 1.29 is 19.0 Å². The van der Waals surface area contributed by atoms with Crippen molar-refractivity contribution in [2.75, 3.05) is 51.9 Å². The van der Waals surface area contributed by atoms with Gasteiger partial charge in [0.15, 0.2) is 6.61 Å². The lowest BCUT2D eigenvalue weighted by Gasteiger charge is -2.37. The summed E-state index contributed by atoms with van der Waals surface area (Å²) in [7, 11) is 3.16. The largest absolute Gasteiger partial charge is 0.496 e. The van der Waals surface area contributed by atoms with Gasteiger partial charge >= 0.3 is 0 Å². The van der Waals surface area contributed by atoms with Crippen molar-refractivity contribution >= 4 is 11.6 Å². The number of methoxy groups -OCH3 is 2. The molecule has 0 spiro atoms. The van der Waals surface area contributed by atoms with Crippen LogP contribution in [0.15, 0.2) is 36.4 Å². The minimum atomic E-state index is -0.0117. The molecule has 0 bridgehead atoms. The fraction of sp³-hybridized carbons (Fsp3) is 0.409. The molecule has 6 heteroatoms. The summed E-state index contributed by atoms with van der Waals surface area (Å²) in [5.74, 6) is 1.80. The van der Waals surface area contributed by atoms with Gasteiger partial charge in [-0.2, -0.15) is 0 Å². The van der Waals surface area contributed by atoms with Crippen LogP contribution in [-0.4, -0.2) is 57.8 Å². The van der Waals surface area contributed by atoms with E-state index in [-0.39, 0.29) is 12.5 Å². The van der Waals surface area contributed by atoms with Crippen molar-refractivity contribution in [1.82, 2.24) is 4.90 Å². The second-order valence-electron chi connectivity index (χ2n) is 6.92. The number of piperazine rings is 1. The zero-order chi connectivity index (χ0) is 20.1. The Balaban J connectivity index is 1.55. The number of nitrogens with zero attached hydrogens (tertiary/aromatic N) is 2. The van der Waals surface area contributed by atoms with Gasteiger partial charge in [0.05, 0.1) is 14.2 Å². The monoisotopic (exact) mass is 384 g/mol. The summed E-state index contributed by atoms with van der Waals surface area (Å²) >= 11 is 0. The van der Waals surface area contributed by atoms with Crippen molar-refractivity contribution in [2.24, 2.45) is 0 Å². The number of aryl methyl sites for hydroxylation is 1. The number of carbonyl (C=O) groups excluding carboxylic acids is 1. The van der Waals surface area contributed by atoms with Crippen molar-refractivity contribution in [2.45, 2.75) is 13.8 Å². The molecule has 2 aromatic rings. The molecule has 1 aliphatic rings. The lowest BCUT2D eigenvalue weighted by molar-refractivity contribution is -0.133. The first-order valence-electron chi connectivity index (χ1n) is 9.46. The van der Waals surface area contributed by atoms with Crippen LogP contribution in [0.5, 0.6) is 17.2 Å². The topological polar surface area (TPSA) is 51.2 Å². The van der Waals surface area contributed by atoms with Crippen LogP contribution in [0.4, 0.5) is 5.69 Å². The van der Waals surface area contributed by atoms with E-state index >= 15 is 0 Å². The molecule has 3 rings (SSSR count). The number of hydrogen-bond acceptors (Lipinski definition) is 5. The fourth-order valence-electron chi connectivity index (χ4n) is 3.38. The summed E-state index contributed by atoms with van der Waals surface area (Å²) in [4.78, 5) is 16.8. The van der Waals surface area contributed by atoms with E-state index in [1.54, 1.807) is 32.4 Å². The first kappa shape index (κ1) is 19.9. The SMILES string of the molecule is COc1cc(OC)cc(OCC(=O)N2CCN(c3cccc(C)c3C)CC2)c1. The van der Waals surface area contributed by atoms with Gasteiger partial charge in [0.2, 0.25) is 0 Å². The third-order valence-corrected chi connectivity index (χ3v) is 5.24. The Labute approximate surface area is 166 Å². The maximum absolute atomic E-state index is 12.6. The maximum atomic E-state index is 12.6. The molecule has 0 saturated carbocycles. The highest BCUT2D eigenvalue weighted by atomic mass is 16.5.